The highest BCUT2D eigenvalue weighted by Crippen LogP contribution is 2.38. The molecule has 5 rings (SSSR count). The Bertz CT molecular complexity index is 1310. The lowest BCUT2D eigenvalue weighted by Gasteiger charge is -2.38. The lowest BCUT2D eigenvalue weighted by atomic mass is 9.99. The third-order valence-electron chi connectivity index (χ3n) is 7.95. The van der Waals surface area contributed by atoms with Crippen LogP contribution in [0.1, 0.15) is 64.1 Å². The quantitative estimate of drug-likeness (QED) is 0.403. The Morgan fingerprint density at radius 3 is 2.47 bits per heavy atom. The maximum atomic E-state index is 14.5. The van der Waals surface area contributed by atoms with Crippen LogP contribution < -0.4 is 4.90 Å². The maximum Gasteiger partial charge on any atom is 0.258 e. The van der Waals surface area contributed by atoms with E-state index >= 15 is 0 Å². The summed E-state index contributed by atoms with van der Waals surface area (Å²) in [5, 5.41) is 0.104. The first-order chi connectivity index (χ1) is 18.4. The molecule has 8 heteroatoms. The van der Waals surface area contributed by atoms with E-state index in [1.165, 1.54) is 18.2 Å². The summed E-state index contributed by atoms with van der Waals surface area (Å²) in [6, 6.07) is 14.0. The van der Waals surface area contributed by atoms with Crippen molar-refractivity contribution in [2.24, 2.45) is 0 Å². The Balaban J connectivity index is 1.32. The van der Waals surface area contributed by atoms with E-state index in [4.69, 9.17) is 11.6 Å². The molecule has 0 unspecified atom stereocenters. The molecule has 0 N–H and O–H groups in total. The van der Waals surface area contributed by atoms with Crippen LogP contribution in [-0.2, 0) is 6.42 Å². The van der Waals surface area contributed by atoms with Gasteiger partial charge in [0.05, 0.1) is 16.6 Å². The topological polar surface area (TPSA) is 56.8 Å². The number of carbonyl (C=O) groups is 2. The highest BCUT2D eigenvalue weighted by Gasteiger charge is 2.34. The SMILES string of the molecule is CCN(C(=O)c1c(F)cccc1Cl)[C@@H]1CCc2ccc(C(=O)N(C)C3CCN(c4ccncc4)CC3)cc21. The van der Waals surface area contributed by atoms with Crippen molar-refractivity contribution in [1.29, 1.82) is 0 Å². The Labute approximate surface area is 228 Å². The minimum absolute atomic E-state index is 0.0210. The number of piperidine rings is 1. The monoisotopic (exact) mass is 534 g/mol. The van der Waals surface area contributed by atoms with Crippen molar-refractivity contribution in [1.82, 2.24) is 14.8 Å². The van der Waals surface area contributed by atoms with Gasteiger partial charge in [0.15, 0.2) is 0 Å². The molecule has 0 bridgehead atoms. The number of halogens is 2. The number of aryl methyl sites for hydroxylation is 1. The first-order valence-electron chi connectivity index (χ1n) is 13.2. The fraction of sp³-hybridized carbons (Fsp3) is 0.367. The summed E-state index contributed by atoms with van der Waals surface area (Å²) < 4.78 is 14.5. The van der Waals surface area contributed by atoms with Crippen molar-refractivity contribution in [3.8, 4) is 0 Å². The van der Waals surface area contributed by atoms with E-state index in [0.717, 1.165) is 55.6 Å². The molecule has 198 valence electrons. The number of benzene rings is 2. The van der Waals surface area contributed by atoms with E-state index in [1.807, 2.05) is 49.2 Å². The van der Waals surface area contributed by atoms with Gasteiger partial charge in [-0.3, -0.25) is 14.6 Å². The minimum Gasteiger partial charge on any atom is -0.371 e. The molecule has 3 aromatic rings. The number of amides is 2. The molecule has 2 heterocycles. The van der Waals surface area contributed by atoms with Gasteiger partial charge in [-0.1, -0.05) is 23.7 Å². The highest BCUT2D eigenvalue weighted by molar-refractivity contribution is 6.33. The second-order valence-electron chi connectivity index (χ2n) is 10.00. The summed E-state index contributed by atoms with van der Waals surface area (Å²) in [7, 11) is 1.88. The van der Waals surface area contributed by atoms with E-state index in [1.54, 1.807) is 17.3 Å². The number of fused-ring (bicyclic) bond motifs is 1. The normalized spacial score (nSPS) is 17.3. The van der Waals surface area contributed by atoms with Gasteiger partial charge in [-0.05, 0) is 80.1 Å². The van der Waals surface area contributed by atoms with Gasteiger partial charge in [0, 0.05) is 56.4 Å². The van der Waals surface area contributed by atoms with Crippen molar-refractivity contribution in [2.75, 3.05) is 31.6 Å². The van der Waals surface area contributed by atoms with E-state index in [0.29, 0.717) is 12.1 Å². The van der Waals surface area contributed by atoms with Crippen LogP contribution in [-0.4, -0.2) is 59.3 Å². The number of nitrogens with zero attached hydrogens (tertiary/aromatic N) is 4. The molecular formula is C30H32ClFN4O2. The molecule has 1 atom stereocenters. The van der Waals surface area contributed by atoms with Crippen LogP contribution in [0.4, 0.5) is 10.1 Å². The van der Waals surface area contributed by atoms with Crippen LogP contribution in [0.5, 0.6) is 0 Å². The molecule has 0 spiro atoms. The molecule has 38 heavy (non-hydrogen) atoms. The van der Waals surface area contributed by atoms with E-state index in [2.05, 4.69) is 9.88 Å². The van der Waals surface area contributed by atoms with Gasteiger partial charge in [-0.2, -0.15) is 0 Å². The van der Waals surface area contributed by atoms with Gasteiger partial charge in [0.1, 0.15) is 5.82 Å². The summed E-state index contributed by atoms with van der Waals surface area (Å²) in [6.07, 6.45) is 6.90. The average molecular weight is 535 g/mol. The molecule has 2 amide bonds. The van der Waals surface area contributed by atoms with Crippen molar-refractivity contribution in [2.45, 2.75) is 44.7 Å². The van der Waals surface area contributed by atoms with Crippen LogP contribution >= 0.6 is 11.6 Å². The smallest absolute Gasteiger partial charge is 0.258 e. The molecule has 1 aliphatic heterocycles. The third kappa shape index (κ3) is 4.99. The fourth-order valence-corrected chi connectivity index (χ4v) is 6.07. The number of anilines is 1. The largest absolute Gasteiger partial charge is 0.371 e. The van der Waals surface area contributed by atoms with Gasteiger partial charge in [-0.25, -0.2) is 4.39 Å². The van der Waals surface area contributed by atoms with Crippen molar-refractivity contribution < 1.29 is 14.0 Å². The van der Waals surface area contributed by atoms with E-state index in [9.17, 15) is 14.0 Å². The Morgan fingerprint density at radius 1 is 1.05 bits per heavy atom. The third-order valence-corrected chi connectivity index (χ3v) is 8.27. The lowest BCUT2D eigenvalue weighted by molar-refractivity contribution is 0.0683. The van der Waals surface area contributed by atoms with Gasteiger partial charge in [0.2, 0.25) is 0 Å². The number of hydrogen-bond acceptors (Lipinski definition) is 4. The Kier molecular flexibility index (Phi) is 7.65. The maximum absolute atomic E-state index is 14.5. The zero-order chi connectivity index (χ0) is 26.8. The summed E-state index contributed by atoms with van der Waals surface area (Å²) in [5.41, 5.74) is 3.74. The second kappa shape index (κ2) is 11.1. The zero-order valence-electron chi connectivity index (χ0n) is 21.7. The lowest BCUT2D eigenvalue weighted by Crippen LogP contribution is -2.45. The summed E-state index contributed by atoms with van der Waals surface area (Å²) >= 11 is 6.21. The fourth-order valence-electron chi connectivity index (χ4n) is 5.82. The number of aromatic nitrogens is 1. The molecule has 0 radical (unpaired) electrons. The minimum atomic E-state index is -0.625. The van der Waals surface area contributed by atoms with Gasteiger partial charge in [-0.15, -0.1) is 0 Å². The van der Waals surface area contributed by atoms with Crippen molar-refractivity contribution in [3.05, 3.63) is 94.0 Å². The summed E-state index contributed by atoms with van der Waals surface area (Å²) in [5.74, 6) is -1.07. The van der Waals surface area contributed by atoms with Gasteiger partial charge >= 0.3 is 0 Å². The second-order valence-corrected chi connectivity index (χ2v) is 10.4. The van der Waals surface area contributed by atoms with Crippen LogP contribution in [0.25, 0.3) is 0 Å². The number of pyridine rings is 1. The van der Waals surface area contributed by atoms with Crippen molar-refractivity contribution >= 4 is 29.1 Å². The van der Waals surface area contributed by atoms with Crippen LogP contribution in [0, 0.1) is 5.82 Å². The van der Waals surface area contributed by atoms with Gasteiger partial charge in [0.25, 0.3) is 11.8 Å². The number of hydrogen-bond donors (Lipinski definition) is 0. The average Bonchev–Trinajstić information content (AvgIpc) is 3.36. The molecule has 1 fully saturated rings. The van der Waals surface area contributed by atoms with Crippen LogP contribution in [0.3, 0.4) is 0 Å². The number of rotatable bonds is 6. The zero-order valence-corrected chi connectivity index (χ0v) is 22.5. The predicted octanol–water partition coefficient (Wildman–Crippen LogP) is 5.76. The molecule has 2 aromatic carbocycles. The van der Waals surface area contributed by atoms with E-state index in [-0.39, 0.29) is 28.6 Å². The van der Waals surface area contributed by atoms with Gasteiger partial charge < -0.3 is 14.7 Å². The van der Waals surface area contributed by atoms with Crippen LogP contribution in [0.15, 0.2) is 60.9 Å². The molecule has 0 saturated carbocycles. The van der Waals surface area contributed by atoms with Crippen LogP contribution in [0.2, 0.25) is 5.02 Å². The Morgan fingerprint density at radius 2 is 1.79 bits per heavy atom. The van der Waals surface area contributed by atoms with E-state index < -0.39 is 11.7 Å². The molecule has 1 aliphatic carbocycles. The summed E-state index contributed by atoms with van der Waals surface area (Å²) in [6.45, 7) is 4.04. The molecule has 1 aromatic heterocycles. The Hall–Kier alpha value is -3.45. The first-order valence-corrected chi connectivity index (χ1v) is 13.6. The highest BCUT2D eigenvalue weighted by atomic mass is 35.5. The summed E-state index contributed by atoms with van der Waals surface area (Å²) in [4.78, 5) is 36.9. The number of carbonyl (C=O) groups excluding carboxylic acids is 2. The molecule has 6 nitrogen and oxygen atoms in total. The standard InChI is InChI=1S/C30H32ClFN4O2/c1-3-36(30(38)28-25(31)5-4-6-26(28)32)27-10-9-20-7-8-21(19-24(20)27)29(37)34(2)22-13-17-35(18-14-22)23-11-15-33-16-12-23/h4-8,11-12,15-16,19,22,27H,3,9-10,13-14,17-18H2,1-2H3/t27-/m1/s1. The first kappa shape index (κ1) is 26.2. The van der Waals surface area contributed by atoms with Crippen molar-refractivity contribution in [3.63, 3.8) is 0 Å². The molecular weight excluding hydrogens is 503 g/mol. The molecule has 2 aliphatic rings. The predicted molar refractivity (Wildman–Crippen MR) is 147 cm³/mol. The molecule has 1 saturated heterocycles.